The maximum absolute atomic E-state index is 13.4. The number of piperidine rings is 1. The van der Waals surface area contributed by atoms with Crippen molar-refractivity contribution < 1.29 is 24.2 Å². The molecular weight excluding hydrogens is 444 g/mol. The number of rotatable bonds is 7. The van der Waals surface area contributed by atoms with Crippen molar-refractivity contribution in [1.82, 2.24) is 10.2 Å². The number of nitrogens with one attached hydrogen (secondary N) is 1. The Hall–Kier alpha value is -3.35. The molecule has 2 fully saturated rings. The van der Waals surface area contributed by atoms with Gasteiger partial charge in [-0.15, -0.1) is 0 Å². The van der Waals surface area contributed by atoms with Crippen LogP contribution < -0.4 is 5.32 Å². The zero-order valence-corrected chi connectivity index (χ0v) is 20.0. The molecule has 0 bridgehead atoms. The summed E-state index contributed by atoms with van der Waals surface area (Å²) in [4.78, 5) is 39.8. The maximum Gasteiger partial charge on any atom is 0.407 e. The largest absolute Gasteiger partial charge is 0.481 e. The van der Waals surface area contributed by atoms with Crippen LogP contribution in [0.15, 0.2) is 48.5 Å². The van der Waals surface area contributed by atoms with Crippen molar-refractivity contribution in [2.45, 2.75) is 51.0 Å². The van der Waals surface area contributed by atoms with Crippen molar-refractivity contribution in [3.8, 4) is 11.1 Å². The van der Waals surface area contributed by atoms with Crippen LogP contribution in [-0.4, -0.2) is 53.7 Å². The number of hydrogen-bond donors (Lipinski definition) is 2. The number of carboxylic acids is 1. The van der Waals surface area contributed by atoms with Crippen molar-refractivity contribution in [3.05, 3.63) is 59.7 Å². The first-order valence-electron chi connectivity index (χ1n) is 12.6. The van der Waals surface area contributed by atoms with E-state index in [1.807, 2.05) is 31.2 Å². The van der Waals surface area contributed by atoms with Gasteiger partial charge >= 0.3 is 12.1 Å². The van der Waals surface area contributed by atoms with Crippen LogP contribution in [0.1, 0.15) is 56.1 Å². The maximum atomic E-state index is 13.4. The first-order chi connectivity index (χ1) is 16.9. The number of carbonyl (C=O) groups is 3. The number of carboxylic acid groups (broad SMARTS) is 1. The minimum Gasteiger partial charge on any atom is -0.481 e. The highest BCUT2D eigenvalue weighted by atomic mass is 16.5. The molecule has 184 valence electrons. The Bertz CT molecular complexity index is 1100. The van der Waals surface area contributed by atoms with E-state index in [0.717, 1.165) is 35.1 Å². The first-order valence-corrected chi connectivity index (χ1v) is 12.6. The topological polar surface area (TPSA) is 95.9 Å². The van der Waals surface area contributed by atoms with Crippen LogP contribution in [0.3, 0.4) is 0 Å². The standard InChI is InChI=1S/C28H32N2O5/c1-2-28(26(32)33)14-7-15-30(17-28)25(31)24(18-12-13-18)29-27(34)35-16-23-21-10-5-3-8-19(21)20-9-4-6-11-22(20)23/h3-6,8-11,18,23-24H,2,7,12-17H2,1H3,(H,29,34)(H,32,33). The number of aliphatic carboxylic acids is 1. The average Bonchev–Trinajstić information content (AvgIpc) is 3.68. The molecule has 2 aliphatic carbocycles. The Morgan fingerprint density at radius 3 is 2.29 bits per heavy atom. The van der Waals surface area contributed by atoms with Crippen molar-refractivity contribution in [2.75, 3.05) is 19.7 Å². The Kier molecular flexibility index (Phi) is 6.26. The number of alkyl carbamates (subject to hydrolysis) is 1. The van der Waals surface area contributed by atoms with Gasteiger partial charge in [-0.1, -0.05) is 55.5 Å². The molecular formula is C28H32N2O5. The second-order valence-corrected chi connectivity index (χ2v) is 10.1. The molecule has 1 saturated carbocycles. The lowest BCUT2D eigenvalue weighted by atomic mass is 9.77. The number of carbonyl (C=O) groups excluding carboxylic acids is 2. The molecule has 3 aliphatic rings. The van der Waals surface area contributed by atoms with Crippen LogP contribution in [0.4, 0.5) is 4.79 Å². The number of ether oxygens (including phenoxy) is 1. The number of likely N-dealkylation sites (tertiary alicyclic amines) is 1. The molecule has 35 heavy (non-hydrogen) atoms. The lowest BCUT2D eigenvalue weighted by Crippen LogP contribution is -2.56. The van der Waals surface area contributed by atoms with E-state index in [2.05, 4.69) is 29.6 Å². The Morgan fingerprint density at radius 1 is 1.09 bits per heavy atom. The molecule has 7 heteroatoms. The van der Waals surface area contributed by atoms with Gasteiger partial charge in [-0.05, 0) is 60.3 Å². The second-order valence-electron chi connectivity index (χ2n) is 10.1. The molecule has 2 aromatic rings. The molecule has 2 aromatic carbocycles. The second kappa shape index (κ2) is 9.36. The number of nitrogens with zero attached hydrogens (tertiary/aromatic N) is 1. The quantitative estimate of drug-likeness (QED) is 0.617. The van der Waals surface area contributed by atoms with Crippen LogP contribution in [0.5, 0.6) is 0 Å². The van der Waals surface area contributed by atoms with Crippen LogP contribution in [0, 0.1) is 11.3 Å². The molecule has 0 spiro atoms. The molecule has 2 amide bonds. The normalized spacial score (nSPS) is 22.1. The van der Waals surface area contributed by atoms with E-state index < -0.39 is 23.5 Å². The number of benzene rings is 2. The van der Waals surface area contributed by atoms with E-state index >= 15 is 0 Å². The van der Waals surface area contributed by atoms with Crippen molar-refractivity contribution in [1.29, 1.82) is 0 Å². The zero-order valence-electron chi connectivity index (χ0n) is 20.0. The summed E-state index contributed by atoms with van der Waals surface area (Å²) in [6.07, 6.45) is 2.82. The fraction of sp³-hybridized carbons (Fsp3) is 0.464. The van der Waals surface area contributed by atoms with Gasteiger partial charge in [0, 0.05) is 19.0 Å². The number of amides is 2. The third-order valence-corrected chi connectivity index (χ3v) is 8.00. The summed E-state index contributed by atoms with van der Waals surface area (Å²) in [7, 11) is 0. The molecule has 2 unspecified atom stereocenters. The molecule has 0 radical (unpaired) electrons. The van der Waals surface area contributed by atoms with Gasteiger partial charge in [-0.3, -0.25) is 9.59 Å². The van der Waals surface area contributed by atoms with Gasteiger partial charge < -0.3 is 20.1 Å². The molecule has 1 saturated heterocycles. The molecule has 7 nitrogen and oxygen atoms in total. The molecule has 0 aromatic heterocycles. The Morgan fingerprint density at radius 2 is 1.71 bits per heavy atom. The molecule has 2 atom stereocenters. The fourth-order valence-corrected chi connectivity index (χ4v) is 5.71. The third kappa shape index (κ3) is 4.40. The van der Waals surface area contributed by atoms with Gasteiger partial charge in [0.25, 0.3) is 0 Å². The molecule has 5 rings (SSSR count). The predicted octanol–water partition coefficient (Wildman–Crippen LogP) is 4.41. The van der Waals surface area contributed by atoms with E-state index in [4.69, 9.17) is 4.74 Å². The van der Waals surface area contributed by atoms with Crippen LogP contribution >= 0.6 is 0 Å². The highest BCUT2D eigenvalue weighted by Gasteiger charge is 2.46. The monoisotopic (exact) mass is 476 g/mol. The van der Waals surface area contributed by atoms with Crippen LogP contribution in [-0.2, 0) is 14.3 Å². The fourth-order valence-electron chi connectivity index (χ4n) is 5.71. The predicted molar refractivity (Wildman–Crippen MR) is 131 cm³/mol. The highest BCUT2D eigenvalue weighted by Crippen LogP contribution is 2.44. The Labute approximate surface area is 205 Å². The van der Waals surface area contributed by atoms with E-state index in [9.17, 15) is 19.5 Å². The number of fused-ring (bicyclic) bond motifs is 3. The lowest BCUT2D eigenvalue weighted by Gasteiger charge is -2.40. The minimum atomic E-state index is -0.911. The van der Waals surface area contributed by atoms with Gasteiger partial charge in [0.2, 0.25) is 5.91 Å². The highest BCUT2D eigenvalue weighted by molar-refractivity contribution is 5.87. The Balaban J connectivity index is 1.25. The van der Waals surface area contributed by atoms with E-state index in [1.165, 1.54) is 0 Å². The summed E-state index contributed by atoms with van der Waals surface area (Å²) in [5.74, 6) is -1.03. The minimum absolute atomic E-state index is 0.0499. The van der Waals surface area contributed by atoms with Gasteiger partial charge in [0.1, 0.15) is 12.6 Å². The number of hydrogen-bond acceptors (Lipinski definition) is 4. The SMILES string of the molecule is CCC1(C(=O)O)CCCN(C(=O)C(NC(=O)OCC2c3ccccc3-c3ccccc32)C2CC2)C1. The van der Waals surface area contributed by atoms with Crippen LogP contribution in [0.2, 0.25) is 0 Å². The van der Waals surface area contributed by atoms with Crippen molar-refractivity contribution in [2.24, 2.45) is 11.3 Å². The van der Waals surface area contributed by atoms with E-state index in [-0.39, 0.29) is 30.9 Å². The van der Waals surface area contributed by atoms with Crippen molar-refractivity contribution in [3.63, 3.8) is 0 Å². The van der Waals surface area contributed by atoms with Gasteiger partial charge in [0.05, 0.1) is 5.41 Å². The summed E-state index contributed by atoms with van der Waals surface area (Å²) in [5, 5.41) is 12.6. The molecule has 2 N–H and O–H groups in total. The van der Waals surface area contributed by atoms with Gasteiger partial charge in [-0.2, -0.15) is 0 Å². The molecule has 1 aliphatic heterocycles. The van der Waals surface area contributed by atoms with Crippen molar-refractivity contribution >= 4 is 18.0 Å². The summed E-state index contributed by atoms with van der Waals surface area (Å²) in [6, 6.07) is 15.6. The first kappa shape index (κ1) is 23.4. The summed E-state index contributed by atoms with van der Waals surface area (Å²) >= 11 is 0. The average molecular weight is 477 g/mol. The summed E-state index contributed by atoms with van der Waals surface area (Å²) in [6.45, 7) is 2.75. The van der Waals surface area contributed by atoms with Gasteiger partial charge in [0.15, 0.2) is 0 Å². The summed E-state index contributed by atoms with van der Waals surface area (Å²) < 4.78 is 5.67. The third-order valence-electron chi connectivity index (χ3n) is 8.00. The summed E-state index contributed by atoms with van der Waals surface area (Å²) in [5.41, 5.74) is 3.67. The van der Waals surface area contributed by atoms with Gasteiger partial charge in [-0.25, -0.2) is 4.79 Å². The smallest absolute Gasteiger partial charge is 0.407 e. The van der Waals surface area contributed by atoms with E-state index in [1.54, 1.807) is 4.90 Å². The van der Waals surface area contributed by atoms with E-state index in [0.29, 0.717) is 25.8 Å². The molecule has 1 heterocycles. The zero-order chi connectivity index (χ0) is 24.6. The lowest BCUT2D eigenvalue weighted by molar-refractivity contribution is -0.155. The van der Waals surface area contributed by atoms with Crippen LogP contribution in [0.25, 0.3) is 11.1 Å².